The third-order valence-electron chi connectivity index (χ3n) is 7.11. The lowest BCUT2D eigenvalue weighted by Gasteiger charge is -2.54. The molecule has 0 aliphatic heterocycles. The SMILES string of the molecule is CC1=CC[C@H]2[C@@H](O[Si](C)(C)C(C)(C)C)CCCC(=O)[C@]1(O)C2(C)C. The average molecular weight is 353 g/mol. The van der Waals surface area contributed by atoms with Crippen LogP contribution in [0, 0.1) is 11.3 Å². The van der Waals surface area contributed by atoms with E-state index in [4.69, 9.17) is 4.43 Å². The molecule has 3 atom stereocenters. The summed E-state index contributed by atoms with van der Waals surface area (Å²) in [5.41, 5.74) is -1.02. The van der Waals surface area contributed by atoms with E-state index >= 15 is 0 Å². The Hall–Kier alpha value is -0.453. The first-order chi connectivity index (χ1) is 10.7. The molecule has 0 aromatic carbocycles. The van der Waals surface area contributed by atoms with Crippen molar-refractivity contribution in [1.29, 1.82) is 0 Å². The maximum Gasteiger partial charge on any atom is 0.192 e. The minimum atomic E-state index is -1.90. The molecular weight excluding hydrogens is 316 g/mol. The second kappa shape index (κ2) is 6.06. The fourth-order valence-electron chi connectivity index (χ4n) is 4.26. The van der Waals surface area contributed by atoms with E-state index in [1.54, 1.807) is 0 Å². The third-order valence-corrected chi connectivity index (χ3v) is 11.6. The summed E-state index contributed by atoms with van der Waals surface area (Å²) in [6.45, 7) is 17.4. The van der Waals surface area contributed by atoms with Crippen molar-refractivity contribution in [2.75, 3.05) is 0 Å². The highest BCUT2D eigenvalue weighted by Gasteiger charge is 2.58. The molecule has 1 saturated carbocycles. The van der Waals surface area contributed by atoms with Crippen molar-refractivity contribution in [3.63, 3.8) is 0 Å². The molecule has 2 bridgehead atoms. The second-order valence-electron chi connectivity index (χ2n) is 9.89. The van der Waals surface area contributed by atoms with Crippen LogP contribution in [0.25, 0.3) is 0 Å². The van der Waals surface area contributed by atoms with Gasteiger partial charge in [0.2, 0.25) is 0 Å². The van der Waals surface area contributed by atoms with Crippen LogP contribution in [0.2, 0.25) is 18.1 Å². The van der Waals surface area contributed by atoms with Crippen molar-refractivity contribution in [1.82, 2.24) is 0 Å². The number of aliphatic hydroxyl groups is 1. The molecule has 2 rings (SSSR count). The number of hydrogen-bond acceptors (Lipinski definition) is 3. The monoisotopic (exact) mass is 352 g/mol. The van der Waals surface area contributed by atoms with E-state index in [1.807, 2.05) is 6.92 Å². The minimum Gasteiger partial charge on any atom is -0.414 e. The van der Waals surface area contributed by atoms with Gasteiger partial charge in [0, 0.05) is 17.9 Å². The predicted molar refractivity (Wildman–Crippen MR) is 102 cm³/mol. The number of allylic oxidation sites excluding steroid dienone is 1. The van der Waals surface area contributed by atoms with Crippen LogP contribution < -0.4 is 0 Å². The summed E-state index contributed by atoms with van der Waals surface area (Å²) >= 11 is 0. The molecular formula is C20H36O3Si. The van der Waals surface area contributed by atoms with Crippen LogP contribution in [0.1, 0.15) is 67.2 Å². The van der Waals surface area contributed by atoms with Gasteiger partial charge >= 0.3 is 0 Å². The molecule has 1 N–H and O–H groups in total. The van der Waals surface area contributed by atoms with Gasteiger partial charge in [0.05, 0.1) is 0 Å². The molecule has 2 aliphatic rings. The zero-order valence-corrected chi connectivity index (χ0v) is 17.8. The van der Waals surface area contributed by atoms with Crippen LogP contribution in [-0.2, 0) is 9.22 Å². The van der Waals surface area contributed by atoms with Gasteiger partial charge in [0.1, 0.15) is 5.60 Å². The normalized spacial score (nSPS) is 34.4. The Kier molecular flexibility index (Phi) is 5.02. The van der Waals surface area contributed by atoms with E-state index < -0.39 is 19.3 Å². The summed E-state index contributed by atoms with van der Waals surface area (Å²) in [5.74, 6) is 0.154. The Balaban J connectivity index is 2.43. The standard InChI is InChI=1S/C20H36O3Si/c1-14-12-13-15-16(23-24(7,8)18(2,3)4)10-9-11-17(21)20(14,22)19(15,5)6/h12,15-16,22H,9-11,13H2,1-8H3/t15-,16-,20-/m0/s1. The van der Waals surface area contributed by atoms with Crippen molar-refractivity contribution in [2.24, 2.45) is 11.3 Å². The zero-order chi connectivity index (χ0) is 18.6. The largest absolute Gasteiger partial charge is 0.414 e. The molecule has 0 spiro atoms. The van der Waals surface area contributed by atoms with Crippen molar-refractivity contribution in [2.45, 2.75) is 97.1 Å². The molecule has 0 aromatic heterocycles. The Labute approximate surface area is 149 Å². The summed E-state index contributed by atoms with van der Waals surface area (Å²) in [6.07, 6.45) is 5.23. The van der Waals surface area contributed by atoms with Crippen LogP contribution in [0.5, 0.6) is 0 Å². The van der Waals surface area contributed by atoms with Gasteiger partial charge in [-0.2, -0.15) is 0 Å². The molecule has 4 heteroatoms. The first kappa shape index (κ1) is 19.9. The lowest BCUT2D eigenvalue weighted by atomic mass is 9.55. The quantitative estimate of drug-likeness (QED) is 0.570. The Bertz CT molecular complexity index is 542. The van der Waals surface area contributed by atoms with Gasteiger partial charge in [-0.1, -0.05) is 40.7 Å². The summed E-state index contributed by atoms with van der Waals surface area (Å²) in [4.78, 5) is 12.8. The minimum absolute atomic E-state index is 0.0169. The molecule has 0 heterocycles. The van der Waals surface area contributed by atoms with Crippen molar-refractivity contribution >= 4 is 14.1 Å². The highest BCUT2D eigenvalue weighted by Crippen LogP contribution is 2.53. The topological polar surface area (TPSA) is 46.5 Å². The van der Waals surface area contributed by atoms with Gasteiger partial charge in [-0.3, -0.25) is 4.79 Å². The molecule has 24 heavy (non-hydrogen) atoms. The average Bonchev–Trinajstić information content (AvgIpc) is 2.41. The summed E-state index contributed by atoms with van der Waals surface area (Å²) in [7, 11) is -1.90. The van der Waals surface area contributed by atoms with Crippen LogP contribution in [0.15, 0.2) is 11.6 Å². The summed E-state index contributed by atoms with van der Waals surface area (Å²) in [6, 6.07) is 0. The van der Waals surface area contributed by atoms with Crippen molar-refractivity contribution in [3.8, 4) is 0 Å². The van der Waals surface area contributed by atoms with E-state index in [2.05, 4.69) is 53.8 Å². The van der Waals surface area contributed by atoms with Gasteiger partial charge in [-0.25, -0.2) is 0 Å². The first-order valence-electron chi connectivity index (χ1n) is 9.36. The van der Waals surface area contributed by atoms with Crippen molar-refractivity contribution in [3.05, 3.63) is 11.6 Å². The maximum absolute atomic E-state index is 12.8. The molecule has 3 nitrogen and oxygen atoms in total. The van der Waals surface area contributed by atoms with Gasteiger partial charge in [-0.05, 0) is 55.8 Å². The number of hydrogen-bond donors (Lipinski definition) is 1. The Morgan fingerprint density at radius 2 is 1.88 bits per heavy atom. The van der Waals surface area contributed by atoms with Gasteiger partial charge in [0.15, 0.2) is 14.1 Å². The molecule has 0 amide bonds. The van der Waals surface area contributed by atoms with Crippen LogP contribution in [-0.4, -0.2) is 30.9 Å². The fraction of sp³-hybridized carbons (Fsp3) is 0.850. The number of carbonyl (C=O) groups excluding carboxylic acids is 1. The Morgan fingerprint density at radius 1 is 1.29 bits per heavy atom. The third kappa shape index (κ3) is 2.95. The smallest absolute Gasteiger partial charge is 0.192 e. The molecule has 1 fully saturated rings. The van der Waals surface area contributed by atoms with Gasteiger partial charge in [-0.15, -0.1) is 0 Å². The van der Waals surface area contributed by atoms with E-state index in [0.717, 1.165) is 24.8 Å². The van der Waals surface area contributed by atoms with Crippen molar-refractivity contribution < 1.29 is 14.3 Å². The molecule has 0 unspecified atom stereocenters. The molecule has 0 radical (unpaired) electrons. The summed E-state index contributed by atoms with van der Waals surface area (Å²) in [5, 5.41) is 11.5. The van der Waals surface area contributed by atoms with Crippen LogP contribution in [0.4, 0.5) is 0 Å². The molecule has 2 aliphatic carbocycles. The number of fused-ring (bicyclic) bond motifs is 2. The van der Waals surface area contributed by atoms with Gasteiger partial charge in [0.25, 0.3) is 0 Å². The van der Waals surface area contributed by atoms with Crippen LogP contribution in [0.3, 0.4) is 0 Å². The lowest BCUT2D eigenvalue weighted by molar-refractivity contribution is -0.159. The number of ketones is 1. The highest BCUT2D eigenvalue weighted by atomic mass is 28.4. The number of carbonyl (C=O) groups is 1. The first-order valence-corrected chi connectivity index (χ1v) is 12.3. The van der Waals surface area contributed by atoms with Crippen LogP contribution >= 0.6 is 0 Å². The van der Waals surface area contributed by atoms with E-state index in [9.17, 15) is 9.90 Å². The van der Waals surface area contributed by atoms with Gasteiger partial charge < -0.3 is 9.53 Å². The predicted octanol–water partition coefficient (Wildman–Crippen LogP) is 4.85. The molecule has 138 valence electrons. The maximum atomic E-state index is 12.8. The molecule has 0 saturated heterocycles. The second-order valence-corrected chi connectivity index (χ2v) is 14.6. The number of rotatable bonds is 2. The fourth-order valence-corrected chi connectivity index (χ4v) is 5.65. The zero-order valence-electron chi connectivity index (χ0n) is 16.8. The Morgan fingerprint density at radius 3 is 2.42 bits per heavy atom. The number of Topliss-reactive ketones (excluding diaryl/α,β-unsaturated/α-hetero) is 1. The highest BCUT2D eigenvalue weighted by molar-refractivity contribution is 6.74. The van der Waals surface area contributed by atoms with E-state index in [1.165, 1.54) is 0 Å². The van der Waals surface area contributed by atoms with E-state index in [0.29, 0.717) is 6.42 Å². The lowest BCUT2D eigenvalue weighted by Crippen LogP contribution is -2.61. The van der Waals surface area contributed by atoms with E-state index in [-0.39, 0.29) is 22.8 Å². The summed E-state index contributed by atoms with van der Waals surface area (Å²) < 4.78 is 6.80. The molecule has 0 aromatic rings.